The first-order chi connectivity index (χ1) is 12.7. The van der Waals surface area contributed by atoms with Crippen molar-refractivity contribution < 1.29 is 9.21 Å². The van der Waals surface area contributed by atoms with Crippen molar-refractivity contribution in [2.45, 2.75) is 37.1 Å². The fourth-order valence-corrected chi connectivity index (χ4v) is 2.99. The summed E-state index contributed by atoms with van der Waals surface area (Å²) in [6.45, 7) is 3.99. The smallest absolute Gasteiger partial charge is 0.287 e. The van der Waals surface area contributed by atoms with Gasteiger partial charge in [-0.3, -0.25) is 4.79 Å². The van der Waals surface area contributed by atoms with Crippen molar-refractivity contribution in [1.82, 2.24) is 15.5 Å². The number of hydrogen-bond donors (Lipinski definition) is 1. The zero-order valence-electron chi connectivity index (χ0n) is 14.8. The molecular formula is C20H21N3O2S. The van der Waals surface area contributed by atoms with Crippen molar-refractivity contribution >= 4 is 17.7 Å². The lowest BCUT2D eigenvalue weighted by Crippen LogP contribution is -2.31. The van der Waals surface area contributed by atoms with Crippen LogP contribution in [0.4, 0.5) is 0 Å². The zero-order valence-corrected chi connectivity index (χ0v) is 15.6. The standard InChI is InChI=1S/C20H21N3O2S/c1-3-14(2)21-20(24)18-11-9-16(25-18)13-26-19-12-10-17(22-23-19)15-7-5-4-6-8-15/h4-12,14H,3,13H2,1-2H3,(H,21,24)/t14-/m1/s1. The van der Waals surface area contributed by atoms with Gasteiger partial charge in [0.25, 0.3) is 5.91 Å². The van der Waals surface area contributed by atoms with E-state index in [1.807, 2.05) is 62.4 Å². The summed E-state index contributed by atoms with van der Waals surface area (Å²) in [5.74, 6) is 1.49. The van der Waals surface area contributed by atoms with E-state index < -0.39 is 0 Å². The van der Waals surface area contributed by atoms with Gasteiger partial charge in [0, 0.05) is 11.6 Å². The second-order valence-corrected chi connectivity index (χ2v) is 6.96. The molecular weight excluding hydrogens is 346 g/mol. The first-order valence-electron chi connectivity index (χ1n) is 8.57. The molecule has 0 fully saturated rings. The number of thioether (sulfide) groups is 1. The number of amides is 1. The predicted molar refractivity (Wildman–Crippen MR) is 103 cm³/mol. The van der Waals surface area contributed by atoms with Gasteiger partial charge in [-0.1, -0.05) is 49.0 Å². The van der Waals surface area contributed by atoms with Crippen molar-refractivity contribution in [1.29, 1.82) is 0 Å². The molecule has 1 amide bonds. The van der Waals surface area contributed by atoms with Crippen LogP contribution < -0.4 is 5.32 Å². The average Bonchev–Trinajstić information content (AvgIpc) is 3.16. The summed E-state index contributed by atoms with van der Waals surface area (Å²) in [6, 6.07) is 17.5. The third-order valence-corrected chi connectivity index (χ3v) is 4.89. The first kappa shape index (κ1) is 18.2. The maximum Gasteiger partial charge on any atom is 0.287 e. The Bertz CT molecular complexity index is 847. The minimum Gasteiger partial charge on any atom is -0.455 e. The van der Waals surface area contributed by atoms with Gasteiger partial charge < -0.3 is 9.73 Å². The summed E-state index contributed by atoms with van der Waals surface area (Å²) >= 11 is 1.52. The molecule has 6 heteroatoms. The molecule has 0 aliphatic carbocycles. The molecule has 0 bridgehead atoms. The molecule has 0 aliphatic rings. The second-order valence-electron chi connectivity index (χ2n) is 5.96. The second kappa shape index (κ2) is 8.67. The Morgan fingerprint density at radius 2 is 1.92 bits per heavy atom. The molecule has 0 saturated heterocycles. The molecule has 3 rings (SSSR count). The quantitative estimate of drug-likeness (QED) is 0.620. The molecule has 1 atom stereocenters. The normalized spacial score (nSPS) is 11.9. The van der Waals surface area contributed by atoms with E-state index in [1.54, 1.807) is 6.07 Å². The molecule has 134 valence electrons. The van der Waals surface area contributed by atoms with Crippen LogP contribution in [-0.2, 0) is 5.75 Å². The van der Waals surface area contributed by atoms with Crippen molar-refractivity contribution in [2.75, 3.05) is 0 Å². The van der Waals surface area contributed by atoms with Crippen LogP contribution in [0.1, 0.15) is 36.6 Å². The SMILES string of the molecule is CC[C@@H](C)NC(=O)c1ccc(CSc2ccc(-c3ccccc3)nn2)o1. The van der Waals surface area contributed by atoms with Gasteiger partial charge in [-0.25, -0.2) is 0 Å². The number of rotatable bonds is 7. The van der Waals surface area contributed by atoms with E-state index in [0.29, 0.717) is 11.5 Å². The highest BCUT2D eigenvalue weighted by Crippen LogP contribution is 2.23. The minimum atomic E-state index is -0.178. The fourth-order valence-electron chi connectivity index (χ4n) is 2.28. The summed E-state index contributed by atoms with van der Waals surface area (Å²) in [5.41, 5.74) is 1.89. The number of aromatic nitrogens is 2. The maximum atomic E-state index is 12.0. The van der Waals surface area contributed by atoms with Crippen LogP contribution in [0.15, 0.2) is 64.0 Å². The Balaban J connectivity index is 1.57. The van der Waals surface area contributed by atoms with Gasteiger partial charge in [-0.05, 0) is 37.6 Å². The third-order valence-electron chi connectivity index (χ3n) is 3.95. The van der Waals surface area contributed by atoms with Crippen LogP contribution >= 0.6 is 11.8 Å². The zero-order chi connectivity index (χ0) is 18.4. The van der Waals surface area contributed by atoms with Crippen LogP contribution in [0, 0.1) is 0 Å². The van der Waals surface area contributed by atoms with Crippen molar-refractivity contribution in [2.24, 2.45) is 0 Å². The summed E-state index contributed by atoms with van der Waals surface area (Å²) in [4.78, 5) is 12.0. The van der Waals surface area contributed by atoms with Crippen molar-refractivity contribution in [3.63, 3.8) is 0 Å². The molecule has 0 unspecified atom stereocenters. The topological polar surface area (TPSA) is 68.0 Å². The van der Waals surface area contributed by atoms with E-state index in [2.05, 4.69) is 15.5 Å². The van der Waals surface area contributed by atoms with E-state index in [9.17, 15) is 4.79 Å². The van der Waals surface area contributed by atoms with E-state index in [0.717, 1.165) is 28.5 Å². The van der Waals surface area contributed by atoms with E-state index in [1.165, 1.54) is 11.8 Å². The Morgan fingerprint density at radius 1 is 1.12 bits per heavy atom. The van der Waals surface area contributed by atoms with Gasteiger partial charge in [-0.2, -0.15) is 0 Å². The highest BCUT2D eigenvalue weighted by atomic mass is 32.2. The third kappa shape index (κ3) is 4.73. The first-order valence-corrected chi connectivity index (χ1v) is 9.55. The summed E-state index contributed by atoms with van der Waals surface area (Å²) in [7, 11) is 0. The largest absolute Gasteiger partial charge is 0.455 e. The Hall–Kier alpha value is -2.60. The molecule has 1 aromatic carbocycles. The molecule has 5 nitrogen and oxygen atoms in total. The molecule has 0 spiro atoms. The van der Waals surface area contributed by atoms with Crippen molar-refractivity contribution in [3.05, 3.63) is 66.1 Å². The van der Waals surface area contributed by atoms with Crippen molar-refractivity contribution in [3.8, 4) is 11.3 Å². The minimum absolute atomic E-state index is 0.129. The number of hydrogen-bond acceptors (Lipinski definition) is 5. The number of furan rings is 1. The number of nitrogens with one attached hydrogen (secondary N) is 1. The Labute approximate surface area is 157 Å². The number of benzene rings is 1. The summed E-state index contributed by atoms with van der Waals surface area (Å²) in [6.07, 6.45) is 0.882. The Morgan fingerprint density at radius 3 is 2.62 bits per heavy atom. The van der Waals surface area contributed by atoms with E-state index >= 15 is 0 Å². The molecule has 3 aromatic rings. The van der Waals surface area contributed by atoms with E-state index in [4.69, 9.17) is 4.42 Å². The fraction of sp³-hybridized carbons (Fsp3) is 0.250. The maximum absolute atomic E-state index is 12.0. The lowest BCUT2D eigenvalue weighted by Gasteiger charge is -2.09. The van der Waals surface area contributed by atoms with Gasteiger partial charge in [0.2, 0.25) is 0 Å². The van der Waals surface area contributed by atoms with Gasteiger partial charge >= 0.3 is 0 Å². The molecule has 0 aliphatic heterocycles. The predicted octanol–water partition coefficient (Wildman–Crippen LogP) is 4.56. The molecule has 1 N–H and O–H groups in total. The van der Waals surface area contributed by atoms with Gasteiger partial charge in [-0.15, -0.1) is 10.2 Å². The lowest BCUT2D eigenvalue weighted by atomic mass is 10.1. The number of carbonyl (C=O) groups excluding carboxylic acids is 1. The highest BCUT2D eigenvalue weighted by Gasteiger charge is 2.13. The summed E-state index contributed by atoms with van der Waals surface area (Å²) < 4.78 is 5.62. The van der Waals surface area contributed by atoms with Crippen LogP contribution in [0.25, 0.3) is 11.3 Å². The van der Waals surface area contributed by atoms with Crippen LogP contribution in [-0.4, -0.2) is 22.1 Å². The van der Waals surface area contributed by atoms with Crippen LogP contribution in [0.5, 0.6) is 0 Å². The van der Waals surface area contributed by atoms with Gasteiger partial charge in [0.15, 0.2) is 5.76 Å². The highest BCUT2D eigenvalue weighted by molar-refractivity contribution is 7.98. The average molecular weight is 367 g/mol. The van der Waals surface area contributed by atoms with Crippen LogP contribution in [0.3, 0.4) is 0 Å². The molecule has 0 saturated carbocycles. The molecule has 26 heavy (non-hydrogen) atoms. The van der Waals surface area contributed by atoms with Gasteiger partial charge in [0.05, 0.1) is 11.4 Å². The lowest BCUT2D eigenvalue weighted by molar-refractivity contribution is 0.0910. The number of carbonyl (C=O) groups is 1. The molecule has 0 radical (unpaired) electrons. The van der Waals surface area contributed by atoms with E-state index in [-0.39, 0.29) is 11.9 Å². The van der Waals surface area contributed by atoms with Crippen LogP contribution in [0.2, 0.25) is 0 Å². The summed E-state index contributed by atoms with van der Waals surface area (Å²) in [5, 5.41) is 12.2. The molecule has 2 aromatic heterocycles. The Kier molecular flexibility index (Phi) is 6.07. The van der Waals surface area contributed by atoms with Gasteiger partial charge in [0.1, 0.15) is 10.8 Å². The monoisotopic (exact) mass is 367 g/mol. The number of nitrogens with zero attached hydrogens (tertiary/aromatic N) is 2. The molecule has 2 heterocycles.